The van der Waals surface area contributed by atoms with Crippen molar-refractivity contribution in [2.75, 3.05) is 17.2 Å². The first-order chi connectivity index (χ1) is 14.0. The lowest BCUT2D eigenvalue weighted by Crippen LogP contribution is -2.13. The van der Waals surface area contributed by atoms with Gasteiger partial charge in [-0.1, -0.05) is 18.2 Å². The van der Waals surface area contributed by atoms with Gasteiger partial charge in [0.1, 0.15) is 0 Å². The van der Waals surface area contributed by atoms with Crippen molar-refractivity contribution in [2.45, 2.75) is 20.8 Å². The van der Waals surface area contributed by atoms with E-state index < -0.39 is 5.97 Å². The third-order valence-electron chi connectivity index (χ3n) is 4.18. The molecular formula is C23H23N3O3. The second-order valence-electron chi connectivity index (χ2n) is 6.68. The van der Waals surface area contributed by atoms with Gasteiger partial charge >= 0.3 is 5.97 Å². The SMILES string of the molecule is CCOC(=O)c1ccccc1Nc1cncc(C(=O)Nc2cc(C)cc(C)c2)c1. The zero-order chi connectivity index (χ0) is 20.8. The van der Waals surface area contributed by atoms with Gasteiger partial charge in [-0.25, -0.2) is 4.79 Å². The fourth-order valence-corrected chi connectivity index (χ4v) is 3.02. The number of pyridine rings is 1. The zero-order valence-electron chi connectivity index (χ0n) is 16.7. The molecule has 0 aliphatic carbocycles. The van der Waals surface area contributed by atoms with Crippen molar-refractivity contribution in [1.29, 1.82) is 0 Å². The van der Waals surface area contributed by atoms with Crippen molar-refractivity contribution < 1.29 is 14.3 Å². The summed E-state index contributed by atoms with van der Waals surface area (Å²) in [6.45, 7) is 6.02. The van der Waals surface area contributed by atoms with Crippen LogP contribution in [-0.2, 0) is 4.74 Å². The van der Waals surface area contributed by atoms with Gasteiger partial charge in [0.15, 0.2) is 0 Å². The summed E-state index contributed by atoms with van der Waals surface area (Å²) in [6, 6.07) is 14.6. The number of para-hydroxylation sites is 1. The van der Waals surface area contributed by atoms with E-state index in [0.717, 1.165) is 16.8 Å². The number of aromatic nitrogens is 1. The topological polar surface area (TPSA) is 80.3 Å². The molecule has 6 heteroatoms. The molecule has 0 radical (unpaired) electrons. The molecule has 1 heterocycles. The minimum Gasteiger partial charge on any atom is -0.462 e. The molecule has 6 nitrogen and oxygen atoms in total. The van der Waals surface area contributed by atoms with Gasteiger partial charge in [-0.15, -0.1) is 0 Å². The fraction of sp³-hybridized carbons (Fsp3) is 0.174. The molecule has 0 fully saturated rings. The van der Waals surface area contributed by atoms with Crippen LogP contribution in [-0.4, -0.2) is 23.5 Å². The Morgan fingerprint density at radius 3 is 2.41 bits per heavy atom. The predicted octanol–water partition coefficient (Wildman–Crippen LogP) is 4.87. The highest BCUT2D eigenvalue weighted by atomic mass is 16.5. The first-order valence-corrected chi connectivity index (χ1v) is 9.34. The van der Waals surface area contributed by atoms with Crippen molar-refractivity contribution in [3.05, 3.63) is 83.2 Å². The van der Waals surface area contributed by atoms with Crippen LogP contribution >= 0.6 is 0 Å². The smallest absolute Gasteiger partial charge is 0.340 e. The van der Waals surface area contributed by atoms with Gasteiger partial charge in [-0.2, -0.15) is 0 Å². The molecule has 3 aromatic rings. The summed E-state index contributed by atoms with van der Waals surface area (Å²) in [5.41, 5.74) is 4.88. The second kappa shape index (κ2) is 9.01. The average Bonchev–Trinajstić information content (AvgIpc) is 2.68. The van der Waals surface area contributed by atoms with E-state index in [1.54, 1.807) is 37.4 Å². The molecule has 29 heavy (non-hydrogen) atoms. The van der Waals surface area contributed by atoms with Crippen LogP contribution in [0.25, 0.3) is 0 Å². The van der Waals surface area contributed by atoms with E-state index in [1.807, 2.05) is 38.1 Å². The van der Waals surface area contributed by atoms with Crippen molar-refractivity contribution in [1.82, 2.24) is 4.98 Å². The molecule has 1 amide bonds. The number of carbonyl (C=O) groups excluding carboxylic acids is 2. The molecule has 0 saturated heterocycles. The van der Waals surface area contributed by atoms with Gasteiger partial charge in [0.05, 0.1) is 35.3 Å². The molecule has 3 rings (SSSR count). The fourth-order valence-electron chi connectivity index (χ4n) is 3.02. The highest BCUT2D eigenvalue weighted by Gasteiger charge is 2.13. The van der Waals surface area contributed by atoms with Gasteiger partial charge in [0, 0.05) is 11.9 Å². The van der Waals surface area contributed by atoms with Gasteiger partial charge in [0.2, 0.25) is 0 Å². The van der Waals surface area contributed by atoms with Crippen LogP contribution in [0.5, 0.6) is 0 Å². The van der Waals surface area contributed by atoms with E-state index in [2.05, 4.69) is 15.6 Å². The number of rotatable bonds is 6. The van der Waals surface area contributed by atoms with Crippen molar-refractivity contribution >= 4 is 28.9 Å². The summed E-state index contributed by atoms with van der Waals surface area (Å²) in [5.74, 6) is -0.669. The number of carbonyl (C=O) groups is 2. The first-order valence-electron chi connectivity index (χ1n) is 9.34. The Morgan fingerprint density at radius 1 is 0.966 bits per heavy atom. The van der Waals surface area contributed by atoms with Crippen molar-refractivity contribution in [3.63, 3.8) is 0 Å². The number of hydrogen-bond acceptors (Lipinski definition) is 5. The minimum atomic E-state index is -0.410. The van der Waals surface area contributed by atoms with Crippen molar-refractivity contribution in [2.24, 2.45) is 0 Å². The first kappa shape index (κ1) is 20.1. The normalized spacial score (nSPS) is 10.3. The lowest BCUT2D eigenvalue weighted by atomic mass is 10.1. The van der Waals surface area contributed by atoms with Gasteiger partial charge in [0.25, 0.3) is 5.91 Å². The van der Waals surface area contributed by atoms with E-state index in [4.69, 9.17) is 4.74 Å². The Kier molecular flexibility index (Phi) is 6.24. The number of nitrogens with one attached hydrogen (secondary N) is 2. The maximum Gasteiger partial charge on any atom is 0.340 e. The molecule has 0 saturated carbocycles. The molecule has 0 atom stereocenters. The lowest BCUT2D eigenvalue weighted by Gasteiger charge is -2.12. The molecule has 2 aromatic carbocycles. The van der Waals surface area contributed by atoms with Crippen molar-refractivity contribution in [3.8, 4) is 0 Å². The monoisotopic (exact) mass is 389 g/mol. The Hall–Kier alpha value is -3.67. The maximum atomic E-state index is 12.6. The molecule has 0 spiro atoms. The number of nitrogens with zero attached hydrogens (tertiary/aromatic N) is 1. The van der Waals surface area contributed by atoms with Gasteiger partial charge < -0.3 is 15.4 Å². The lowest BCUT2D eigenvalue weighted by molar-refractivity contribution is 0.0527. The molecule has 0 bridgehead atoms. The highest BCUT2D eigenvalue weighted by Crippen LogP contribution is 2.22. The number of amides is 1. The predicted molar refractivity (Wildman–Crippen MR) is 114 cm³/mol. The number of anilines is 3. The summed E-state index contributed by atoms with van der Waals surface area (Å²) in [7, 11) is 0. The van der Waals surface area contributed by atoms with E-state index in [0.29, 0.717) is 29.1 Å². The molecule has 1 aromatic heterocycles. The zero-order valence-corrected chi connectivity index (χ0v) is 16.7. The number of hydrogen-bond donors (Lipinski definition) is 2. The van der Waals surface area contributed by atoms with Crippen LogP contribution in [0.15, 0.2) is 60.9 Å². The highest BCUT2D eigenvalue weighted by molar-refractivity contribution is 6.05. The maximum absolute atomic E-state index is 12.6. The molecule has 0 aliphatic rings. The third kappa shape index (κ3) is 5.19. The van der Waals surface area contributed by atoms with Crippen LogP contribution in [0.1, 0.15) is 38.8 Å². The largest absolute Gasteiger partial charge is 0.462 e. The quantitative estimate of drug-likeness (QED) is 0.588. The molecular weight excluding hydrogens is 366 g/mol. The Labute approximate surface area is 169 Å². The van der Waals surface area contributed by atoms with Crippen LogP contribution in [0.2, 0.25) is 0 Å². The molecule has 0 unspecified atom stereocenters. The third-order valence-corrected chi connectivity index (χ3v) is 4.18. The molecule has 0 aliphatic heterocycles. The summed E-state index contributed by atoms with van der Waals surface area (Å²) < 4.78 is 5.10. The molecule has 2 N–H and O–H groups in total. The second-order valence-corrected chi connectivity index (χ2v) is 6.68. The summed E-state index contributed by atoms with van der Waals surface area (Å²) in [5, 5.41) is 6.04. The number of esters is 1. The van der Waals surface area contributed by atoms with E-state index in [9.17, 15) is 9.59 Å². The minimum absolute atomic E-state index is 0.259. The Bertz CT molecular complexity index is 1030. The van der Waals surface area contributed by atoms with Crippen LogP contribution < -0.4 is 10.6 Å². The number of ether oxygens (including phenoxy) is 1. The standard InChI is InChI=1S/C23H23N3O3/c1-4-29-23(28)20-7-5-6-8-21(20)25-19-12-17(13-24-14-19)22(27)26-18-10-15(2)9-16(3)11-18/h5-14,25H,4H2,1-3H3,(H,26,27). The van der Waals surface area contributed by atoms with Gasteiger partial charge in [-0.05, 0) is 62.2 Å². The van der Waals surface area contributed by atoms with Gasteiger partial charge in [-0.3, -0.25) is 9.78 Å². The van der Waals surface area contributed by atoms with Crippen LogP contribution in [0.3, 0.4) is 0 Å². The van der Waals surface area contributed by atoms with E-state index >= 15 is 0 Å². The van der Waals surface area contributed by atoms with E-state index in [-0.39, 0.29) is 5.91 Å². The van der Waals surface area contributed by atoms with Crippen LogP contribution in [0, 0.1) is 13.8 Å². The summed E-state index contributed by atoms with van der Waals surface area (Å²) in [4.78, 5) is 28.9. The number of benzene rings is 2. The molecule has 148 valence electrons. The number of aryl methyl sites for hydroxylation is 2. The summed E-state index contributed by atoms with van der Waals surface area (Å²) >= 11 is 0. The Balaban J connectivity index is 1.80. The Morgan fingerprint density at radius 2 is 1.69 bits per heavy atom. The van der Waals surface area contributed by atoms with Crippen LogP contribution in [0.4, 0.5) is 17.1 Å². The average molecular weight is 389 g/mol. The summed E-state index contributed by atoms with van der Waals surface area (Å²) in [6.07, 6.45) is 3.09. The van der Waals surface area contributed by atoms with E-state index in [1.165, 1.54) is 6.20 Å².